The molecule has 0 bridgehead atoms. The minimum atomic E-state index is -0.208. The number of allylic oxidation sites excluding steroid dienone is 3. The van der Waals surface area contributed by atoms with Gasteiger partial charge in [-0.3, -0.25) is 9.59 Å². The Labute approximate surface area is 66.6 Å². The van der Waals surface area contributed by atoms with Crippen molar-refractivity contribution in [2.45, 2.75) is 19.8 Å². The molecule has 0 aliphatic carbocycles. The maximum Gasteiger partial charge on any atom is 0.178 e. The number of aldehydes is 1. The first-order valence-corrected chi connectivity index (χ1v) is 3.56. The van der Waals surface area contributed by atoms with Crippen LogP contribution >= 0.6 is 0 Å². The quantitative estimate of drug-likeness (QED) is 0.443. The Morgan fingerprint density at radius 3 is 2.55 bits per heavy atom. The fourth-order valence-electron chi connectivity index (χ4n) is 0.695. The van der Waals surface area contributed by atoms with Gasteiger partial charge in [0.15, 0.2) is 5.78 Å². The Balaban J connectivity index is 4.21. The van der Waals surface area contributed by atoms with E-state index in [9.17, 15) is 9.59 Å². The molecule has 0 saturated heterocycles. The molecule has 0 amide bonds. The summed E-state index contributed by atoms with van der Waals surface area (Å²) >= 11 is 0. The second-order valence-electron chi connectivity index (χ2n) is 2.19. The van der Waals surface area contributed by atoms with Gasteiger partial charge in [-0.05, 0) is 24.1 Å². The number of carbonyl (C=O) groups is 2. The highest BCUT2D eigenvalue weighted by molar-refractivity contribution is 6.02. The Morgan fingerprint density at radius 1 is 1.55 bits per heavy atom. The highest BCUT2D eigenvalue weighted by Crippen LogP contribution is 2.00. The topological polar surface area (TPSA) is 34.1 Å². The van der Waals surface area contributed by atoms with E-state index in [4.69, 9.17) is 0 Å². The summed E-state index contributed by atoms with van der Waals surface area (Å²) in [7, 11) is 0. The fourth-order valence-corrected chi connectivity index (χ4v) is 0.695. The Kier molecular flexibility index (Phi) is 4.99. The Bertz CT molecular complexity index is 190. The monoisotopic (exact) mass is 152 g/mol. The molecule has 0 spiro atoms. The van der Waals surface area contributed by atoms with E-state index in [1.54, 1.807) is 0 Å². The highest BCUT2D eigenvalue weighted by Gasteiger charge is 1.95. The lowest BCUT2D eigenvalue weighted by molar-refractivity contribution is -0.111. The molecule has 0 heterocycles. The lowest BCUT2D eigenvalue weighted by atomic mass is 10.1. The molecular weight excluding hydrogens is 140 g/mol. The molecule has 0 aromatic carbocycles. The van der Waals surface area contributed by atoms with E-state index in [1.165, 1.54) is 12.2 Å². The molecule has 2 heteroatoms. The van der Waals surface area contributed by atoms with E-state index in [0.29, 0.717) is 18.3 Å². The zero-order valence-electron chi connectivity index (χ0n) is 6.67. The van der Waals surface area contributed by atoms with Crippen LogP contribution in [0.5, 0.6) is 0 Å². The molecule has 0 atom stereocenters. The Morgan fingerprint density at radius 2 is 2.18 bits per heavy atom. The highest BCUT2D eigenvalue weighted by atomic mass is 16.1. The third-order valence-electron chi connectivity index (χ3n) is 1.22. The summed E-state index contributed by atoms with van der Waals surface area (Å²) in [6, 6.07) is 0. The van der Waals surface area contributed by atoms with E-state index in [2.05, 4.69) is 6.58 Å². The van der Waals surface area contributed by atoms with Crippen molar-refractivity contribution in [3.8, 4) is 0 Å². The molecular formula is C9H12O2. The molecule has 2 nitrogen and oxygen atoms in total. The molecule has 60 valence electrons. The van der Waals surface area contributed by atoms with Gasteiger partial charge in [-0.1, -0.05) is 19.9 Å². The maximum atomic E-state index is 10.7. The van der Waals surface area contributed by atoms with Crippen LogP contribution in [0.3, 0.4) is 0 Å². The number of ketones is 1. The van der Waals surface area contributed by atoms with Crippen LogP contribution in [-0.4, -0.2) is 12.1 Å². The normalized spacial score (nSPS) is 10.8. The largest absolute Gasteiger partial charge is 0.298 e. The molecule has 0 saturated carbocycles. The van der Waals surface area contributed by atoms with Crippen molar-refractivity contribution in [2.75, 3.05) is 0 Å². The van der Waals surface area contributed by atoms with Gasteiger partial charge >= 0.3 is 0 Å². The second-order valence-corrected chi connectivity index (χ2v) is 2.19. The molecule has 0 N–H and O–H groups in total. The summed E-state index contributed by atoms with van der Waals surface area (Å²) in [4.78, 5) is 21.0. The van der Waals surface area contributed by atoms with E-state index < -0.39 is 0 Å². The van der Waals surface area contributed by atoms with Crippen LogP contribution in [0, 0.1) is 0 Å². The first-order chi connectivity index (χ1) is 5.24. The van der Waals surface area contributed by atoms with Crippen LogP contribution in [0.2, 0.25) is 0 Å². The van der Waals surface area contributed by atoms with E-state index in [1.807, 2.05) is 6.92 Å². The zero-order valence-corrected chi connectivity index (χ0v) is 6.67. The van der Waals surface area contributed by atoms with Crippen molar-refractivity contribution in [3.63, 3.8) is 0 Å². The molecule has 0 rings (SSSR count). The minimum absolute atomic E-state index is 0.208. The van der Waals surface area contributed by atoms with E-state index in [0.717, 1.165) is 6.42 Å². The predicted molar refractivity (Wildman–Crippen MR) is 44.3 cm³/mol. The van der Waals surface area contributed by atoms with Crippen molar-refractivity contribution in [1.82, 2.24) is 0 Å². The van der Waals surface area contributed by atoms with Gasteiger partial charge in [-0.2, -0.15) is 0 Å². The molecule has 0 unspecified atom stereocenters. The van der Waals surface area contributed by atoms with Crippen LogP contribution in [0.15, 0.2) is 24.3 Å². The lowest BCUT2D eigenvalue weighted by Gasteiger charge is -1.92. The van der Waals surface area contributed by atoms with Crippen LogP contribution in [0.4, 0.5) is 0 Å². The number of hydrogen-bond acceptors (Lipinski definition) is 2. The summed E-state index contributed by atoms with van der Waals surface area (Å²) in [5.74, 6) is -0.208. The minimum Gasteiger partial charge on any atom is -0.298 e. The van der Waals surface area contributed by atoms with E-state index >= 15 is 0 Å². The molecule has 11 heavy (non-hydrogen) atoms. The van der Waals surface area contributed by atoms with Crippen LogP contribution in [-0.2, 0) is 9.59 Å². The van der Waals surface area contributed by atoms with Crippen LogP contribution < -0.4 is 0 Å². The van der Waals surface area contributed by atoms with Gasteiger partial charge in [0.05, 0.1) is 0 Å². The summed E-state index contributed by atoms with van der Waals surface area (Å²) in [6.45, 7) is 5.25. The van der Waals surface area contributed by atoms with E-state index in [-0.39, 0.29) is 5.78 Å². The first-order valence-electron chi connectivity index (χ1n) is 3.56. The molecule has 0 aromatic heterocycles. The van der Waals surface area contributed by atoms with Gasteiger partial charge < -0.3 is 0 Å². The maximum absolute atomic E-state index is 10.7. The van der Waals surface area contributed by atoms with Crippen molar-refractivity contribution in [3.05, 3.63) is 24.3 Å². The third-order valence-corrected chi connectivity index (χ3v) is 1.22. The van der Waals surface area contributed by atoms with Gasteiger partial charge in [0, 0.05) is 0 Å². The van der Waals surface area contributed by atoms with Gasteiger partial charge in [0.25, 0.3) is 0 Å². The summed E-state index contributed by atoms with van der Waals surface area (Å²) < 4.78 is 0. The van der Waals surface area contributed by atoms with Crippen LogP contribution in [0.25, 0.3) is 0 Å². The third kappa shape index (κ3) is 4.25. The van der Waals surface area contributed by atoms with Crippen LogP contribution in [0.1, 0.15) is 19.8 Å². The molecule has 0 aliphatic rings. The molecule has 0 aromatic rings. The predicted octanol–water partition coefficient (Wildman–Crippen LogP) is 1.67. The van der Waals surface area contributed by atoms with Gasteiger partial charge in [0.1, 0.15) is 6.29 Å². The van der Waals surface area contributed by atoms with Gasteiger partial charge in [-0.15, -0.1) is 0 Å². The Hall–Kier alpha value is -1.18. The molecule has 0 radical (unpaired) electrons. The average molecular weight is 152 g/mol. The molecule has 0 fully saturated rings. The van der Waals surface area contributed by atoms with Crippen molar-refractivity contribution in [1.29, 1.82) is 0 Å². The van der Waals surface area contributed by atoms with Gasteiger partial charge in [-0.25, -0.2) is 0 Å². The van der Waals surface area contributed by atoms with Crippen molar-refractivity contribution >= 4 is 12.1 Å². The summed E-state index contributed by atoms with van der Waals surface area (Å²) in [5, 5.41) is 0. The number of hydrogen-bond donors (Lipinski definition) is 0. The molecule has 0 aliphatic heterocycles. The lowest BCUT2D eigenvalue weighted by Crippen LogP contribution is -1.91. The summed E-state index contributed by atoms with van der Waals surface area (Å²) in [5.41, 5.74) is 0.539. The smallest absolute Gasteiger partial charge is 0.178 e. The van der Waals surface area contributed by atoms with Crippen molar-refractivity contribution < 1.29 is 9.59 Å². The second kappa shape index (κ2) is 5.59. The summed E-state index contributed by atoms with van der Waals surface area (Å²) in [6.07, 6.45) is 4.76. The average Bonchev–Trinajstić information content (AvgIpc) is 2.03. The number of carbonyl (C=O) groups excluding carboxylic acids is 2. The first kappa shape index (κ1) is 9.82. The SMILES string of the molecule is C=CC(=O)/C=C(/C=O)CCC. The van der Waals surface area contributed by atoms with Gasteiger partial charge in [0.2, 0.25) is 0 Å². The standard InChI is InChI=1S/C9H12O2/c1-3-5-8(7-10)6-9(11)4-2/h4,6-7H,2-3,5H2,1H3/b8-6+. The number of rotatable bonds is 5. The zero-order chi connectivity index (χ0) is 8.69. The van der Waals surface area contributed by atoms with Crippen molar-refractivity contribution in [2.24, 2.45) is 0 Å². The fraction of sp³-hybridized carbons (Fsp3) is 0.333.